The van der Waals surface area contributed by atoms with Crippen molar-refractivity contribution in [3.05, 3.63) is 28.2 Å². The van der Waals surface area contributed by atoms with Crippen molar-refractivity contribution in [2.24, 2.45) is 5.92 Å². The van der Waals surface area contributed by atoms with Crippen molar-refractivity contribution < 1.29 is 17.2 Å². The van der Waals surface area contributed by atoms with Crippen LogP contribution >= 0.6 is 15.9 Å². The Morgan fingerprint density at radius 1 is 1.33 bits per heavy atom. The van der Waals surface area contributed by atoms with Gasteiger partial charge >= 0.3 is 0 Å². The van der Waals surface area contributed by atoms with E-state index in [1.165, 1.54) is 0 Å². The van der Waals surface area contributed by atoms with Crippen molar-refractivity contribution >= 4 is 26.0 Å². The Hall–Kier alpha value is -0.530. The summed E-state index contributed by atoms with van der Waals surface area (Å²) in [4.78, 5) is -0.538. The van der Waals surface area contributed by atoms with E-state index in [1.54, 1.807) is 0 Å². The number of rotatable bonds is 3. The van der Waals surface area contributed by atoms with Crippen molar-refractivity contribution in [2.45, 2.75) is 30.7 Å². The van der Waals surface area contributed by atoms with Gasteiger partial charge in [0.1, 0.15) is 16.5 Å². The predicted molar refractivity (Wildman–Crippen MR) is 66.6 cm³/mol. The quantitative estimate of drug-likeness (QED) is 0.920. The van der Waals surface area contributed by atoms with Crippen LogP contribution in [0, 0.1) is 17.6 Å². The van der Waals surface area contributed by atoms with E-state index in [9.17, 15) is 17.2 Å². The van der Waals surface area contributed by atoms with Crippen molar-refractivity contribution in [1.82, 2.24) is 4.72 Å². The van der Waals surface area contributed by atoms with Gasteiger partial charge in [-0.2, -0.15) is 0 Å². The minimum absolute atomic E-state index is 0.111. The molecule has 0 spiro atoms. The average Bonchev–Trinajstić information content (AvgIpc) is 2.11. The first kappa shape index (κ1) is 13.9. The molecule has 1 aromatic carbocycles. The van der Waals surface area contributed by atoms with Gasteiger partial charge < -0.3 is 0 Å². The first-order valence-electron chi connectivity index (χ1n) is 5.46. The molecule has 1 fully saturated rings. The van der Waals surface area contributed by atoms with Crippen LogP contribution in [-0.4, -0.2) is 14.5 Å². The lowest BCUT2D eigenvalue weighted by atomic mass is 9.83. The Bertz CT molecular complexity index is 547. The molecule has 1 saturated carbocycles. The molecule has 3 nitrogen and oxygen atoms in total. The summed E-state index contributed by atoms with van der Waals surface area (Å²) in [6.45, 7) is 2.01. The van der Waals surface area contributed by atoms with E-state index < -0.39 is 26.6 Å². The van der Waals surface area contributed by atoms with Crippen molar-refractivity contribution in [2.75, 3.05) is 0 Å². The molecular weight excluding hydrogens is 328 g/mol. The van der Waals surface area contributed by atoms with Crippen LogP contribution in [0.3, 0.4) is 0 Å². The van der Waals surface area contributed by atoms with Gasteiger partial charge in [0.25, 0.3) is 0 Å². The van der Waals surface area contributed by atoms with Crippen molar-refractivity contribution in [1.29, 1.82) is 0 Å². The topological polar surface area (TPSA) is 46.2 Å². The van der Waals surface area contributed by atoms with E-state index in [4.69, 9.17) is 0 Å². The number of hydrogen-bond acceptors (Lipinski definition) is 2. The molecular formula is C11H12BrF2NO2S. The van der Waals surface area contributed by atoms with Gasteiger partial charge in [-0.25, -0.2) is 21.9 Å². The fraction of sp³-hybridized carbons (Fsp3) is 0.455. The molecule has 0 aromatic heterocycles. The number of benzene rings is 1. The lowest BCUT2D eigenvalue weighted by Gasteiger charge is -2.33. The van der Waals surface area contributed by atoms with Crippen LogP contribution in [0.1, 0.15) is 19.8 Å². The molecule has 18 heavy (non-hydrogen) atoms. The lowest BCUT2D eigenvalue weighted by molar-refractivity contribution is 0.270. The second-order valence-electron chi connectivity index (χ2n) is 4.59. The summed E-state index contributed by atoms with van der Waals surface area (Å²) in [5, 5.41) is 0. The van der Waals surface area contributed by atoms with E-state index in [1.807, 2.05) is 6.92 Å². The van der Waals surface area contributed by atoms with Gasteiger partial charge in [0.05, 0.1) is 0 Å². The molecule has 7 heteroatoms. The van der Waals surface area contributed by atoms with Gasteiger partial charge in [-0.1, -0.05) is 6.92 Å². The zero-order chi connectivity index (χ0) is 13.5. The smallest absolute Gasteiger partial charge is 0.208 e. The summed E-state index contributed by atoms with van der Waals surface area (Å²) in [5.41, 5.74) is 0. The minimum atomic E-state index is -3.96. The Morgan fingerprint density at radius 2 is 1.94 bits per heavy atom. The van der Waals surface area contributed by atoms with Crippen LogP contribution in [0.15, 0.2) is 21.5 Å². The van der Waals surface area contributed by atoms with Gasteiger partial charge in [-0.3, -0.25) is 0 Å². The van der Waals surface area contributed by atoms with Crippen LogP contribution < -0.4 is 4.72 Å². The maximum atomic E-state index is 13.6. The number of hydrogen-bond donors (Lipinski definition) is 1. The SMILES string of the molecule is CC1CC(NS(=O)(=O)c2c(F)cc(F)cc2Br)C1. The van der Waals surface area contributed by atoms with Crippen LogP contribution in [-0.2, 0) is 10.0 Å². The molecule has 0 amide bonds. The zero-order valence-electron chi connectivity index (χ0n) is 9.58. The van der Waals surface area contributed by atoms with Crippen molar-refractivity contribution in [3.63, 3.8) is 0 Å². The van der Waals surface area contributed by atoms with E-state index in [0.29, 0.717) is 12.0 Å². The number of nitrogens with one attached hydrogen (secondary N) is 1. The second-order valence-corrected chi connectivity index (χ2v) is 7.10. The van der Waals surface area contributed by atoms with E-state index >= 15 is 0 Å². The molecule has 0 heterocycles. The third-order valence-electron chi connectivity index (χ3n) is 2.93. The molecule has 1 aromatic rings. The molecule has 1 aliphatic carbocycles. The second kappa shape index (κ2) is 4.86. The maximum Gasteiger partial charge on any atom is 0.244 e. The van der Waals surface area contributed by atoms with Crippen LogP contribution in [0.4, 0.5) is 8.78 Å². The highest BCUT2D eigenvalue weighted by Crippen LogP contribution is 2.30. The first-order valence-corrected chi connectivity index (χ1v) is 7.74. The molecule has 1 aliphatic rings. The summed E-state index contributed by atoms with van der Waals surface area (Å²) >= 11 is 2.88. The standard InChI is InChI=1S/C11H12BrF2NO2S/c1-6-2-8(3-6)15-18(16,17)11-9(12)4-7(13)5-10(11)14/h4-6,8,15H,2-3H2,1H3. The van der Waals surface area contributed by atoms with E-state index in [-0.39, 0.29) is 10.5 Å². The largest absolute Gasteiger partial charge is 0.244 e. The van der Waals surface area contributed by atoms with Crippen LogP contribution in [0.25, 0.3) is 0 Å². The molecule has 100 valence electrons. The molecule has 0 saturated heterocycles. The summed E-state index contributed by atoms with van der Waals surface area (Å²) in [5.74, 6) is -1.45. The Kier molecular flexibility index (Phi) is 3.75. The summed E-state index contributed by atoms with van der Waals surface area (Å²) in [6.07, 6.45) is 1.47. The van der Waals surface area contributed by atoms with Gasteiger partial charge in [0, 0.05) is 16.6 Å². The van der Waals surface area contributed by atoms with Crippen molar-refractivity contribution in [3.8, 4) is 0 Å². The molecule has 1 N–H and O–H groups in total. The predicted octanol–water partition coefficient (Wildman–Crippen LogP) is 2.80. The summed E-state index contributed by atoms with van der Waals surface area (Å²) < 4.78 is 52.8. The van der Waals surface area contributed by atoms with Gasteiger partial charge in [-0.15, -0.1) is 0 Å². The highest BCUT2D eigenvalue weighted by atomic mass is 79.9. The molecule has 2 rings (SSSR count). The molecule has 0 bridgehead atoms. The number of sulfonamides is 1. The fourth-order valence-corrected chi connectivity index (χ4v) is 4.49. The van der Waals surface area contributed by atoms with Crippen LogP contribution in [0.2, 0.25) is 0 Å². The monoisotopic (exact) mass is 339 g/mol. The van der Waals surface area contributed by atoms with Gasteiger partial charge in [0.15, 0.2) is 0 Å². The highest BCUT2D eigenvalue weighted by Gasteiger charge is 2.32. The van der Waals surface area contributed by atoms with E-state index in [0.717, 1.165) is 18.9 Å². The fourth-order valence-electron chi connectivity index (χ4n) is 2.06. The normalized spacial score (nSPS) is 23.8. The molecule has 0 radical (unpaired) electrons. The third-order valence-corrected chi connectivity index (χ3v) is 5.41. The first-order chi connectivity index (χ1) is 8.29. The van der Waals surface area contributed by atoms with E-state index in [2.05, 4.69) is 20.7 Å². The van der Waals surface area contributed by atoms with Crippen LogP contribution in [0.5, 0.6) is 0 Å². The molecule has 0 unspecified atom stereocenters. The van der Waals surface area contributed by atoms with Gasteiger partial charge in [0.2, 0.25) is 10.0 Å². The maximum absolute atomic E-state index is 13.6. The lowest BCUT2D eigenvalue weighted by Crippen LogP contribution is -2.43. The Balaban J connectivity index is 2.30. The molecule has 0 aliphatic heterocycles. The Labute approximate surface area is 113 Å². The average molecular weight is 340 g/mol. The molecule has 0 atom stereocenters. The summed E-state index contributed by atoms with van der Waals surface area (Å²) in [6, 6.07) is 1.32. The summed E-state index contributed by atoms with van der Waals surface area (Å²) in [7, 11) is -3.96. The number of halogens is 3. The van der Waals surface area contributed by atoms with Gasteiger partial charge in [-0.05, 0) is 40.8 Å². The minimum Gasteiger partial charge on any atom is -0.208 e. The highest BCUT2D eigenvalue weighted by molar-refractivity contribution is 9.10. The third kappa shape index (κ3) is 2.73. The Morgan fingerprint density at radius 3 is 2.44 bits per heavy atom. The zero-order valence-corrected chi connectivity index (χ0v) is 12.0.